The number of benzene rings is 1. The fraction of sp³-hybridized carbons (Fsp3) is 0.0526. The van der Waals surface area contributed by atoms with Crippen molar-refractivity contribution in [3.63, 3.8) is 0 Å². The highest BCUT2D eigenvalue weighted by atomic mass is 16.1. The Balaban J connectivity index is 1.59. The number of hydrogen-bond donors (Lipinski definition) is 1. The lowest BCUT2D eigenvalue weighted by Crippen LogP contribution is -2.14. The number of amides is 1. The lowest BCUT2D eigenvalue weighted by molar-refractivity contribution is 0.102. The molecule has 0 spiro atoms. The zero-order valence-electron chi connectivity index (χ0n) is 13.5. The number of hydrogen-bond acceptors (Lipinski definition) is 4. The van der Waals surface area contributed by atoms with Crippen LogP contribution < -0.4 is 5.32 Å². The van der Waals surface area contributed by atoms with Crippen molar-refractivity contribution in [3.05, 3.63) is 78.8 Å². The van der Waals surface area contributed by atoms with Crippen molar-refractivity contribution in [1.82, 2.24) is 19.5 Å². The zero-order chi connectivity index (χ0) is 17.2. The highest BCUT2D eigenvalue weighted by molar-refractivity contribution is 6.11. The quantitative estimate of drug-likeness (QED) is 0.625. The van der Waals surface area contributed by atoms with Gasteiger partial charge in [0.2, 0.25) is 0 Å². The number of fused-ring (bicyclic) bond motifs is 1. The van der Waals surface area contributed by atoms with Gasteiger partial charge in [-0.25, -0.2) is 9.97 Å². The molecule has 0 saturated heterocycles. The molecule has 1 aromatic carbocycles. The summed E-state index contributed by atoms with van der Waals surface area (Å²) in [4.78, 5) is 25.4. The predicted octanol–water partition coefficient (Wildman–Crippen LogP) is 3.38. The van der Waals surface area contributed by atoms with Crippen LogP contribution in [-0.2, 0) is 0 Å². The van der Waals surface area contributed by atoms with E-state index in [-0.39, 0.29) is 5.91 Å². The Labute approximate surface area is 144 Å². The molecule has 25 heavy (non-hydrogen) atoms. The van der Waals surface area contributed by atoms with E-state index in [0.717, 1.165) is 22.4 Å². The van der Waals surface area contributed by atoms with Crippen LogP contribution in [-0.4, -0.2) is 25.4 Å². The van der Waals surface area contributed by atoms with Crippen LogP contribution in [0, 0.1) is 6.92 Å². The third-order valence-corrected chi connectivity index (χ3v) is 3.97. The van der Waals surface area contributed by atoms with Gasteiger partial charge in [0.15, 0.2) is 0 Å². The monoisotopic (exact) mass is 329 g/mol. The number of rotatable bonds is 3. The van der Waals surface area contributed by atoms with E-state index in [1.165, 1.54) is 0 Å². The van der Waals surface area contributed by atoms with Crippen LogP contribution in [0.15, 0.2) is 67.3 Å². The lowest BCUT2D eigenvalue weighted by atomic mass is 10.1. The molecule has 0 fully saturated rings. The molecular formula is C19H15N5O. The van der Waals surface area contributed by atoms with Gasteiger partial charge in [-0.2, -0.15) is 0 Å². The molecule has 0 aliphatic rings. The van der Waals surface area contributed by atoms with Crippen LogP contribution in [0.5, 0.6) is 0 Å². The SMILES string of the molecule is Cc1nccn1-c1ccc(NC(=O)c2nccc3ccccc23)cn1. The Morgan fingerprint density at radius 2 is 1.88 bits per heavy atom. The second-order valence-corrected chi connectivity index (χ2v) is 5.58. The molecule has 0 aliphatic heterocycles. The van der Waals surface area contributed by atoms with Gasteiger partial charge in [-0.15, -0.1) is 0 Å². The number of aryl methyl sites for hydroxylation is 1. The maximum absolute atomic E-state index is 12.6. The van der Waals surface area contributed by atoms with Gasteiger partial charge >= 0.3 is 0 Å². The fourth-order valence-electron chi connectivity index (χ4n) is 2.71. The first-order valence-electron chi connectivity index (χ1n) is 7.84. The number of aromatic nitrogens is 4. The van der Waals surface area contributed by atoms with Crippen molar-refractivity contribution in [3.8, 4) is 5.82 Å². The average Bonchev–Trinajstić information content (AvgIpc) is 3.08. The maximum atomic E-state index is 12.6. The van der Waals surface area contributed by atoms with Crippen LogP contribution in [0.4, 0.5) is 5.69 Å². The Kier molecular flexibility index (Phi) is 3.70. The summed E-state index contributed by atoms with van der Waals surface area (Å²) in [6, 6.07) is 13.2. The molecule has 4 rings (SSSR count). The van der Waals surface area contributed by atoms with Gasteiger partial charge in [0.25, 0.3) is 5.91 Å². The maximum Gasteiger partial charge on any atom is 0.274 e. The van der Waals surface area contributed by atoms with Gasteiger partial charge in [0, 0.05) is 24.0 Å². The summed E-state index contributed by atoms with van der Waals surface area (Å²) in [5.74, 6) is 1.34. The normalized spacial score (nSPS) is 10.8. The summed E-state index contributed by atoms with van der Waals surface area (Å²) in [7, 11) is 0. The van der Waals surface area contributed by atoms with Crippen molar-refractivity contribution in [2.45, 2.75) is 6.92 Å². The Morgan fingerprint density at radius 3 is 2.64 bits per heavy atom. The number of carbonyl (C=O) groups is 1. The number of nitrogens with one attached hydrogen (secondary N) is 1. The van der Waals surface area contributed by atoms with E-state index in [0.29, 0.717) is 11.4 Å². The minimum atomic E-state index is -0.259. The highest BCUT2D eigenvalue weighted by Gasteiger charge is 2.12. The molecule has 0 aliphatic carbocycles. The number of anilines is 1. The second kappa shape index (κ2) is 6.16. The molecule has 122 valence electrons. The second-order valence-electron chi connectivity index (χ2n) is 5.58. The standard InChI is InChI=1S/C19H15N5O/c1-13-20-10-11-24(13)17-7-6-15(12-22-17)23-19(25)18-16-5-3-2-4-14(16)8-9-21-18/h2-12H,1H3,(H,23,25). The molecule has 1 amide bonds. The van der Waals surface area contributed by atoms with Gasteiger partial charge in [0.1, 0.15) is 17.3 Å². The molecule has 6 heteroatoms. The molecule has 3 heterocycles. The first kappa shape index (κ1) is 15.0. The van der Waals surface area contributed by atoms with E-state index in [4.69, 9.17) is 0 Å². The zero-order valence-corrected chi connectivity index (χ0v) is 13.5. The summed E-state index contributed by atoms with van der Waals surface area (Å²) >= 11 is 0. The fourth-order valence-corrected chi connectivity index (χ4v) is 2.71. The first-order chi connectivity index (χ1) is 12.2. The third kappa shape index (κ3) is 2.85. The van der Waals surface area contributed by atoms with Crippen LogP contribution >= 0.6 is 0 Å². The molecule has 0 atom stereocenters. The predicted molar refractivity (Wildman–Crippen MR) is 95.8 cm³/mol. The first-order valence-corrected chi connectivity index (χ1v) is 7.84. The van der Waals surface area contributed by atoms with E-state index in [1.54, 1.807) is 18.6 Å². The van der Waals surface area contributed by atoms with Crippen LogP contribution in [0.2, 0.25) is 0 Å². The summed E-state index contributed by atoms with van der Waals surface area (Å²) in [5, 5.41) is 4.65. The van der Waals surface area contributed by atoms with Crippen molar-refractivity contribution < 1.29 is 4.79 Å². The third-order valence-electron chi connectivity index (χ3n) is 3.97. The minimum absolute atomic E-state index is 0.259. The number of nitrogens with zero attached hydrogens (tertiary/aromatic N) is 4. The summed E-state index contributed by atoms with van der Waals surface area (Å²) in [6.07, 6.45) is 6.83. The summed E-state index contributed by atoms with van der Waals surface area (Å²) < 4.78 is 1.87. The van der Waals surface area contributed by atoms with E-state index in [9.17, 15) is 4.79 Å². The molecule has 0 saturated carbocycles. The number of pyridine rings is 2. The van der Waals surface area contributed by atoms with Gasteiger partial charge in [-0.3, -0.25) is 14.3 Å². The molecule has 0 unspecified atom stereocenters. The van der Waals surface area contributed by atoms with E-state index in [2.05, 4.69) is 20.3 Å². The van der Waals surface area contributed by atoms with Crippen molar-refractivity contribution in [2.75, 3.05) is 5.32 Å². The molecule has 0 radical (unpaired) electrons. The molecule has 3 aromatic heterocycles. The number of carbonyl (C=O) groups excluding carboxylic acids is 1. The smallest absolute Gasteiger partial charge is 0.274 e. The largest absolute Gasteiger partial charge is 0.319 e. The Morgan fingerprint density at radius 1 is 1.00 bits per heavy atom. The molecule has 4 aromatic rings. The molecule has 0 bridgehead atoms. The molecule has 1 N–H and O–H groups in total. The van der Waals surface area contributed by atoms with Crippen LogP contribution in [0.3, 0.4) is 0 Å². The van der Waals surface area contributed by atoms with Crippen molar-refractivity contribution >= 4 is 22.4 Å². The van der Waals surface area contributed by atoms with E-state index in [1.807, 2.05) is 60.2 Å². The average molecular weight is 329 g/mol. The van der Waals surface area contributed by atoms with E-state index < -0.39 is 0 Å². The van der Waals surface area contributed by atoms with Gasteiger partial charge in [-0.05, 0) is 30.5 Å². The van der Waals surface area contributed by atoms with Crippen LogP contribution in [0.25, 0.3) is 16.6 Å². The van der Waals surface area contributed by atoms with Gasteiger partial charge in [-0.1, -0.05) is 24.3 Å². The topological polar surface area (TPSA) is 72.7 Å². The van der Waals surface area contributed by atoms with E-state index >= 15 is 0 Å². The molecular weight excluding hydrogens is 314 g/mol. The van der Waals surface area contributed by atoms with Crippen molar-refractivity contribution in [1.29, 1.82) is 0 Å². The minimum Gasteiger partial charge on any atom is -0.319 e. The Hall–Kier alpha value is -3.54. The Bertz CT molecular complexity index is 1050. The summed E-state index contributed by atoms with van der Waals surface area (Å²) in [5.41, 5.74) is 1.01. The highest BCUT2D eigenvalue weighted by Crippen LogP contribution is 2.18. The summed E-state index contributed by atoms with van der Waals surface area (Å²) in [6.45, 7) is 1.91. The van der Waals surface area contributed by atoms with Crippen LogP contribution in [0.1, 0.15) is 16.3 Å². The number of imidazole rings is 1. The van der Waals surface area contributed by atoms with Gasteiger partial charge in [0.05, 0.1) is 11.9 Å². The molecule has 6 nitrogen and oxygen atoms in total. The van der Waals surface area contributed by atoms with Crippen molar-refractivity contribution in [2.24, 2.45) is 0 Å². The lowest BCUT2D eigenvalue weighted by Gasteiger charge is -2.08. The van der Waals surface area contributed by atoms with Gasteiger partial charge < -0.3 is 5.32 Å².